The van der Waals surface area contributed by atoms with Gasteiger partial charge in [-0.05, 0) is 11.4 Å². The van der Waals surface area contributed by atoms with Crippen molar-refractivity contribution >= 4 is 51.3 Å². The van der Waals surface area contributed by atoms with Crippen LogP contribution in [0.4, 0.5) is 0 Å². The molecule has 0 radical (unpaired) electrons. The molecule has 4 nitrogen and oxygen atoms in total. The number of rotatable bonds is 1. The number of amidine groups is 2. The van der Waals surface area contributed by atoms with Crippen molar-refractivity contribution in [2.75, 3.05) is 12.8 Å². The first kappa shape index (κ1) is 11.6. The normalized spacial score (nSPS) is 17.6. The molecule has 0 amide bonds. The maximum absolute atomic E-state index is 5.87. The molecule has 7 heteroatoms. The number of hydrazone groups is 1. The van der Waals surface area contributed by atoms with Gasteiger partial charge in [0.1, 0.15) is 5.84 Å². The minimum Gasteiger partial charge on any atom is -0.382 e. The van der Waals surface area contributed by atoms with E-state index in [1.807, 2.05) is 24.6 Å². The standard InChI is InChI=1S/C9H10N4S3/c1-13-9(14)16-5-7(12-13)11-8(10)6-3-2-4-15-6/h2-4H,5H2,1H3,(H2,10,11,12). The van der Waals surface area contributed by atoms with Crippen LogP contribution in [0.1, 0.15) is 4.88 Å². The van der Waals surface area contributed by atoms with Crippen LogP contribution in [0.3, 0.4) is 0 Å². The van der Waals surface area contributed by atoms with E-state index in [-0.39, 0.29) is 0 Å². The summed E-state index contributed by atoms with van der Waals surface area (Å²) in [5.74, 6) is 1.89. The first-order valence-electron chi connectivity index (χ1n) is 4.53. The van der Waals surface area contributed by atoms with Crippen molar-refractivity contribution in [1.82, 2.24) is 5.01 Å². The average molecular weight is 270 g/mol. The molecule has 1 aromatic rings. The van der Waals surface area contributed by atoms with Gasteiger partial charge in [0, 0.05) is 7.05 Å². The zero-order valence-corrected chi connectivity index (χ0v) is 11.0. The second-order valence-corrected chi connectivity index (χ2v) is 5.63. The number of thioether (sulfide) groups is 1. The summed E-state index contributed by atoms with van der Waals surface area (Å²) in [6.07, 6.45) is 0. The van der Waals surface area contributed by atoms with E-state index >= 15 is 0 Å². The molecule has 1 aromatic heterocycles. The Bertz CT molecular complexity index is 449. The first-order valence-corrected chi connectivity index (χ1v) is 6.80. The molecule has 84 valence electrons. The minimum absolute atomic E-state index is 0.510. The summed E-state index contributed by atoms with van der Waals surface area (Å²) in [6.45, 7) is 0. The highest BCUT2D eigenvalue weighted by Crippen LogP contribution is 2.16. The van der Waals surface area contributed by atoms with Gasteiger partial charge in [0.2, 0.25) is 0 Å². The molecule has 0 aliphatic carbocycles. The second-order valence-electron chi connectivity index (χ2n) is 3.07. The second kappa shape index (κ2) is 4.94. The van der Waals surface area contributed by atoms with Crippen LogP contribution in [-0.4, -0.2) is 33.8 Å². The third-order valence-corrected chi connectivity index (χ3v) is 4.30. The van der Waals surface area contributed by atoms with Crippen molar-refractivity contribution in [3.8, 4) is 0 Å². The monoisotopic (exact) mass is 270 g/mol. The van der Waals surface area contributed by atoms with Crippen LogP contribution in [0, 0.1) is 0 Å². The fraction of sp³-hybridized carbons (Fsp3) is 0.222. The Labute approximate surface area is 107 Å². The lowest BCUT2D eigenvalue weighted by Crippen LogP contribution is -2.26. The van der Waals surface area contributed by atoms with Crippen molar-refractivity contribution in [2.45, 2.75) is 0 Å². The number of nitrogens with two attached hydrogens (primary N) is 1. The molecule has 2 heterocycles. The van der Waals surface area contributed by atoms with Gasteiger partial charge in [-0.1, -0.05) is 30.0 Å². The van der Waals surface area contributed by atoms with E-state index in [4.69, 9.17) is 18.0 Å². The summed E-state index contributed by atoms with van der Waals surface area (Å²) in [5, 5.41) is 7.85. The van der Waals surface area contributed by atoms with Crippen LogP contribution < -0.4 is 5.73 Å². The SMILES string of the molecule is CN1N=C(N=C(N)c2cccs2)CSC1=S. The Balaban J connectivity index is 2.18. The summed E-state index contributed by atoms with van der Waals surface area (Å²) >= 11 is 8.18. The number of nitrogens with zero attached hydrogens (tertiary/aromatic N) is 3. The maximum atomic E-state index is 5.87. The Morgan fingerprint density at radius 3 is 3.12 bits per heavy atom. The topological polar surface area (TPSA) is 54.0 Å². The van der Waals surface area contributed by atoms with Gasteiger partial charge in [-0.25, -0.2) is 4.99 Å². The number of aliphatic imine (C=N–C) groups is 1. The lowest BCUT2D eigenvalue weighted by atomic mass is 10.4. The largest absolute Gasteiger partial charge is 0.382 e. The molecule has 0 fully saturated rings. The highest BCUT2D eigenvalue weighted by molar-refractivity contribution is 8.23. The van der Waals surface area contributed by atoms with Crippen LogP contribution >= 0.6 is 35.3 Å². The molecule has 1 aliphatic rings. The fourth-order valence-corrected chi connectivity index (χ4v) is 2.58. The molecule has 0 saturated heterocycles. The van der Waals surface area contributed by atoms with Crippen LogP contribution in [0.2, 0.25) is 0 Å². The third-order valence-electron chi connectivity index (χ3n) is 1.88. The molecule has 2 N–H and O–H groups in total. The van der Waals surface area contributed by atoms with E-state index in [2.05, 4.69) is 10.1 Å². The highest BCUT2D eigenvalue weighted by atomic mass is 32.2. The molecule has 0 aromatic carbocycles. The lowest BCUT2D eigenvalue weighted by molar-refractivity contribution is 0.561. The fourth-order valence-electron chi connectivity index (χ4n) is 1.14. The van der Waals surface area contributed by atoms with Gasteiger partial charge in [-0.2, -0.15) is 5.10 Å². The molecular weight excluding hydrogens is 260 g/mol. The zero-order valence-electron chi connectivity index (χ0n) is 8.58. The van der Waals surface area contributed by atoms with Crippen molar-refractivity contribution in [3.63, 3.8) is 0 Å². The summed E-state index contributed by atoms with van der Waals surface area (Å²) in [4.78, 5) is 5.26. The lowest BCUT2D eigenvalue weighted by Gasteiger charge is -2.19. The Morgan fingerprint density at radius 2 is 2.50 bits per heavy atom. The number of thiocarbonyl (C=S) groups is 1. The minimum atomic E-state index is 0.510. The number of hydrogen-bond acceptors (Lipinski definition) is 5. The molecule has 0 spiro atoms. The van der Waals surface area contributed by atoms with E-state index in [0.29, 0.717) is 17.4 Å². The van der Waals surface area contributed by atoms with Crippen LogP contribution in [0.5, 0.6) is 0 Å². The van der Waals surface area contributed by atoms with Crippen LogP contribution in [-0.2, 0) is 0 Å². The van der Waals surface area contributed by atoms with Crippen LogP contribution in [0.25, 0.3) is 0 Å². The smallest absolute Gasteiger partial charge is 0.161 e. The van der Waals surface area contributed by atoms with Gasteiger partial charge in [0.25, 0.3) is 0 Å². The van der Waals surface area contributed by atoms with Crippen molar-refractivity contribution < 1.29 is 0 Å². The summed E-state index contributed by atoms with van der Waals surface area (Å²) in [6, 6.07) is 3.88. The Morgan fingerprint density at radius 1 is 1.69 bits per heavy atom. The Kier molecular flexibility index (Phi) is 3.57. The summed E-state index contributed by atoms with van der Waals surface area (Å²) < 4.78 is 0.758. The van der Waals surface area contributed by atoms with Gasteiger partial charge >= 0.3 is 0 Å². The van der Waals surface area contributed by atoms with Gasteiger partial charge in [-0.3, -0.25) is 5.01 Å². The van der Waals surface area contributed by atoms with Gasteiger partial charge < -0.3 is 5.73 Å². The zero-order chi connectivity index (χ0) is 11.5. The van der Waals surface area contributed by atoms with Gasteiger partial charge in [-0.15, -0.1) is 11.3 Å². The van der Waals surface area contributed by atoms with Crippen molar-refractivity contribution in [3.05, 3.63) is 22.4 Å². The maximum Gasteiger partial charge on any atom is 0.161 e. The Hall–Kier alpha value is -0.920. The van der Waals surface area contributed by atoms with E-state index in [0.717, 1.165) is 9.20 Å². The number of hydrogen-bond donors (Lipinski definition) is 1. The van der Waals surface area contributed by atoms with Gasteiger partial charge in [0.05, 0.1) is 10.6 Å². The first-order chi connectivity index (χ1) is 7.66. The molecule has 1 aliphatic heterocycles. The molecule has 0 saturated carbocycles. The van der Waals surface area contributed by atoms with Crippen LogP contribution in [0.15, 0.2) is 27.6 Å². The van der Waals surface area contributed by atoms with E-state index < -0.39 is 0 Å². The molecule has 16 heavy (non-hydrogen) atoms. The van der Waals surface area contributed by atoms with E-state index in [1.165, 1.54) is 0 Å². The van der Waals surface area contributed by atoms with E-state index in [1.54, 1.807) is 28.1 Å². The van der Waals surface area contributed by atoms with E-state index in [9.17, 15) is 0 Å². The molecule has 0 bridgehead atoms. The quantitative estimate of drug-likeness (QED) is 0.480. The summed E-state index contributed by atoms with van der Waals surface area (Å²) in [7, 11) is 1.81. The predicted octanol–water partition coefficient (Wildman–Crippen LogP) is 1.73. The molecular formula is C9H10N4S3. The molecule has 0 unspecified atom stereocenters. The average Bonchev–Trinajstić information content (AvgIpc) is 2.77. The van der Waals surface area contributed by atoms with Crippen molar-refractivity contribution in [2.24, 2.45) is 15.8 Å². The highest BCUT2D eigenvalue weighted by Gasteiger charge is 2.14. The third kappa shape index (κ3) is 2.60. The predicted molar refractivity (Wildman–Crippen MR) is 75.3 cm³/mol. The molecule has 0 atom stereocenters. The van der Waals surface area contributed by atoms with Crippen molar-refractivity contribution in [1.29, 1.82) is 0 Å². The molecule has 2 rings (SSSR count). The number of thiophene rings is 1. The van der Waals surface area contributed by atoms with Gasteiger partial charge in [0.15, 0.2) is 10.2 Å². The summed E-state index contributed by atoms with van der Waals surface area (Å²) in [5.41, 5.74) is 5.87.